The molecular formula is C17H23BrO6. The Morgan fingerprint density at radius 2 is 1.96 bits per heavy atom. The molecule has 0 amide bonds. The number of halogens is 1. The number of benzene rings is 1. The van der Waals surface area contributed by atoms with Gasteiger partial charge in [0.25, 0.3) is 0 Å². The molecule has 0 radical (unpaired) electrons. The van der Waals surface area contributed by atoms with E-state index in [0.717, 1.165) is 16.5 Å². The van der Waals surface area contributed by atoms with Gasteiger partial charge in [0.05, 0.1) is 13.2 Å². The highest BCUT2D eigenvalue weighted by atomic mass is 79.9. The highest BCUT2D eigenvalue weighted by Crippen LogP contribution is 2.40. The highest BCUT2D eigenvalue weighted by molar-refractivity contribution is 9.08. The molecule has 2 fully saturated rings. The molecule has 3 rings (SSSR count). The third-order valence-corrected chi connectivity index (χ3v) is 4.89. The first-order valence-corrected chi connectivity index (χ1v) is 9.11. The van der Waals surface area contributed by atoms with Crippen LogP contribution in [0.5, 0.6) is 0 Å². The van der Waals surface area contributed by atoms with Crippen LogP contribution < -0.4 is 0 Å². The Bertz CT molecular complexity index is 566. The van der Waals surface area contributed by atoms with Crippen LogP contribution in [0.2, 0.25) is 0 Å². The van der Waals surface area contributed by atoms with Gasteiger partial charge in [0.15, 0.2) is 12.1 Å². The van der Waals surface area contributed by atoms with Gasteiger partial charge in [-0.15, -0.1) is 0 Å². The molecule has 1 aromatic rings. The largest absolute Gasteiger partial charge is 0.394 e. The monoisotopic (exact) mass is 402 g/mol. The zero-order valence-electron chi connectivity index (χ0n) is 13.7. The summed E-state index contributed by atoms with van der Waals surface area (Å²) in [5.74, 6) is -0.764. The summed E-state index contributed by atoms with van der Waals surface area (Å²) < 4.78 is 23.4. The van der Waals surface area contributed by atoms with E-state index in [9.17, 15) is 10.2 Å². The van der Waals surface area contributed by atoms with E-state index in [1.54, 1.807) is 0 Å². The number of hydrogen-bond donors (Lipinski definition) is 2. The molecule has 7 heteroatoms. The van der Waals surface area contributed by atoms with Crippen molar-refractivity contribution < 1.29 is 29.2 Å². The second kappa shape index (κ2) is 7.37. The van der Waals surface area contributed by atoms with Crippen molar-refractivity contribution >= 4 is 15.9 Å². The lowest BCUT2D eigenvalue weighted by molar-refractivity contribution is -0.232. The predicted molar refractivity (Wildman–Crippen MR) is 89.4 cm³/mol. The van der Waals surface area contributed by atoms with E-state index < -0.39 is 43.1 Å². The van der Waals surface area contributed by atoms with Crippen LogP contribution in [0.15, 0.2) is 24.3 Å². The van der Waals surface area contributed by atoms with Gasteiger partial charge in [-0.1, -0.05) is 40.2 Å². The van der Waals surface area contributed by atoms with Gasteiger partial charge >= 0.3 is 0 Å². The fourth-order valence-electron chi connectivity index (χ4n) is 3.12. The summed E-state index contributed by atoms with van der Waals surface area (Å²) in [4.78, 5) is 0. The summed E-state index contributed by atoms with van der Waals surface area (Å²) in [7, 11) is 0. The van der Waals surface area contributed by atoms with Crippen LogP contribution in [0.25, 0.3) is 0 Å². The molecule has 0 saturated carbocycles. The lowest BCUT2D eigenvalue weighted by Crippen LogP contribution is -2.44. The van der Waals surface area contributed by atoms with Crippen LogP contribution in [-0.4, -0.2) is 53.3 Å². The molecular weight excluding hydrogens is 380 g/mol. The Kier molecular flexibility index (Phi) is 5.61. The van der Waals surface area contributed by atoms with Crippen molar-refractivity contribution in [2.75, 3.05) is 6.61 Å². The summed E-state index contributed by atoms with van der Waals surface area (Å²) >= 11 is 3.47. The molecule has 2 aliphatic rings. The van der Waals surface area contributed by atoms with E-state index >= 15 is 0 Å². The zero-order chi connectivity index (χ0) is 17.3. The van der Waals surface area contributed by atoms with E-state index in [1.807, 2.05) is 38.1 Å². The number of rotatable bonds is 6. The molecule has 0 aromatic heterocycles. The summed E-state index contributed by atoms with van der Waals surface area (Å²) in [6.07, 6.45) is -3.33. The minimum atomic E-state index is -1.05. The average Bonchev–Trinajstić information content (AvgIpc) is 3.04. The van der Waals surface area contributed by atoms with Crippen LogP contribution >= 0.6 is 15.9 Å². The minimum Gasteiger partial charge on any atom is -0.394 e. The number of hydrogen-bond acceptors (Lipinski definition) is 6. The second-order valence-corrected chi connectivity index (χ2v) is 7.06. The molecule has 2 aliphatic heterocycles. The molecule has 24 heavy (non-hydrogen) atoms. The molecule has 0 unspecified atom stereocenters. The zero-order valence-corrected chi connectivity index (χ0v) is 15.3. The summed E-state index contributed by atoms with van der Waals surface area (Å²) in [5.41, 5.74) is 2.18. The number of aliphatic hydroxyl groups is 2. The first kappa shape index (κ1) is 18.3. The minimum absolute atomic E-state index is 0.359. The van der Waals surface area contributed by atoms with Crippen molar-refractivity contribution in [3.8, 4) is 0 Å². The van der Waals surface area contributed by atoms with Gasteiger partial charge in [-0.3, -0.25) is 0 Å². The molecule has 0 aliphatic carbocycles. The average molecular weight is 403 g/mol. The molecule has 0 bridgehead atoms. The molecule has 1 aromatic carbocycles. The summed E-state index contributed by atoms with van der Waals surface area (Å²) in [6.45, 7) is 3.56. The number of aliphatic hydroxyl groups excluding tert-OH is 2. The van der Waals surface area contributed by atoms with E-state index in [0.29, 0.717) is 6.61 Å². The molecule has 2 heterocycles. The van der Waals surface area contributed by atoms with Crippen molar-refractivity contribution in [3.05, 3.63) is 35.4 Å². The fraction of sp³-hybridized carbons (Fsp3) is 0.647. The van der Waals surface area contributed by atoms with Crippen molar-refractivity contribution in [1.29, 1.82) is 0 Å². The van der Waals surface area contributed by atoms with Crippen LogP contribution in [0, 0.1) is 0 Å². The Balaban J connectivity index is 1.74. The maximum absolute atomic E-state index is 10.0. The normalized spacial score (nSPS) is 32.7. The lowest BCUT2D eigenvalue weighted by atomic mass is 10.1. The second-order valence-electron chi connectivity index (χ2n) is 6.50. The Morgan fingerprint density at radius 3 is 2.62 bits per heavy atom. The van der Waals surface area contributed by atoms with Crippen LogP contribution in [0.3, 0.4) is 0 Å². The van der Waals surface area contributed by atoms with Crippen LogP contribution in [0.1, 0.15) is 25.0 Å². The van der Waals surface area contributed by atoms with Gasteiger partial charge in [-0.2, -0.15) is 0 Å². The molecule has 0 spiro atoms. The van der Waals surface area contributed by atoms with Crippen molar-refractivity contribution in [2.24, 2.45) is 0 Å². The molecule has 2 saturated heterocycles. The highest BCUT2D eigenvalue weighted by Gasteiger charge is 2.56. The van der Waals surface area contributed by atoms with Gasteiger partial charge in [0.1, 0.15) is 24.4 Å². The first-order chi connectivity index (χ1) is 11.4. The van der Waals surface area contributed by atoms with Gasteiger partial charge in [-0.05, 0) is 25.0 Å². The molecule has 134 valence electrons. The lowest BCUT2D eigenvalue weighted by Gasteiger charge is -2.28. The van der Waals surface area contributed by atoms with E-state index in [1.165, 1.54) is 0 Å². The van der Waals surface area contributed by atoms with Gasteiger partial charge in [0, 0.05) is 5.33 Å². The molecule has 5 atom stereocenters. The third-order valence-electron chi connectivity index (χ3n) is 4.29. The predicted octanol–water partition coefficient (Wildman–Crippen LogP) is 1.70. The van der Waals surface area contributed by atoms with E-state index in [2.05, 4.69) is 15.9 Å². The maximum atomic E-state index is 10.0. The Labute approximate surface area is 149 Å². The summed E-state index contributed by atoms with van der Waals surface area (Å²) in [5, 5.41) is 20.0. The van der Waals surface area contributed by atoms with Crippen LogP contribution in [0.4, 0.5) is 0 Å². The Hall–Kier alpha value is -0.540. The van der Waals surface area contributed by atoms with Crippen molar-refractivity contribution in [3.63, 3.8) is 0 Å². The first-order valence-electron chi connectivity index (χ1n) is 7.99. The number of fused-ring (bicyclic) bond motifs is 1. The smallest absolute Gasteiger partial charge is 0.190 e. The third kappa shape index (κ3) is 3.67. The Morgan fingerprint density at radius 1 is 1.25 bits per heavy atom. The van der Waals surface area contributed by atoms with Gasteiger partial charge < -0.3 is 29.2 Å². The van der Waals surface area contributed by atoms with Crippen LogP contribution in [-0.2, 0) is 30.9 Å². The summed E-state index contributed by atoms with van der Waals surface area (Å²) in [6, 6.07) is 7.96. The quantitative estimate of drug-likeness (QED) is 0.705. The SMILES string of the molecule is CC1(C)O[C@H]2O[C@H]([C@H](O)CO)[C@H](OCc3ccccc3CBr)[C@H]2O1. The van der Waals surface area contributed by atoms with E-state index in [-0.39, 0.29) is 0 Å². The van der Waals surface area contributed by atoms with Crippen molar-refractivity contribution in [1.82, 2.24) is 0 Å². The number of alkyl halides is 1. The molecule has 6 nitrogen and oxygen atoms in total. The standard InChI is InChI=1S/C17H23BrO6/c1-17(2)23-15-14(13(12(20)8-19)22-16(15)24-17)21-9-11-6-4-3-5-10(11)7-18/h3-6,12-16,19-20H,7-9H2,1-2H3/t12-,13-,14+,15-,16-/m1/s1. The maximum Gasteiger partial charge on any atom is 0.190 e. The van der Waals surface area contributed by atoms with Gasteiger partial charge in [0.2, 0.25) is 0 Å². The molecule has 2 N–H and O–H groups in total. The van der Waals surface area contributed by atoms with Gasteiger partial charge in [-0.25, -0.2) is 0 Å². The van der Waals surface area contributed by atoms with E-state index in [4.69, 9.17) is 18.9 Å². The fourth-order valence-corrected chi connectivity index (χ4v) is 3.67. The van der Waals surface area contributed by atoms with Crippen molar-refractivity contribution in [2.45, 2.75) is 62.3 Å². The topological polar surface area (TPSA) is 77.4 Å². The number of ether oxygens (including phenoxy) is 4.